The Kier molecular flexibility index (Phi) is 6.68. The fourth-order valence-electron chi connectivity index (χ4n) is 3.49. The number of pyridine rings is 2. The van der Waals surface area contributed by atoms with Gasteiger partial charge in [-0.1, -0.05) is 19.9 Å². The first-order valence-electron chi connectivity index (χ1n) is 10.9. The van der Waals surface area contributed by atoms with Gasteiger partial charge in [-0.25, -0.2) is 19.3 Å². The largest absolute Gasteiger partial charge is 0.322 e. The number of imidazole rings is 1. The molecule has 0 radical (unpaired) electrons. The van der Waals surface area contributed by atoms with Gasteiger partial charge in [0.15, 0.2) is 11.6 Å². The van der Waals surface area contributed by atoms with Gasteiger partial charge < -0.3 is 5.32 Å². The molecule has 170 valence electrons. The molecule has 0 bridgehead atoms. The van der Waals surface area contributed by atoms with Gasteiger partial charge in [-0.15, -0.1) is 0 Å². The Balaban J connectivity index is 0.00000133. The van der Waals surface area contributed by atoms with E-state index in [1.165, 1.54) is 24.3 Å². The van der Waals surface area contributed by atoms with Crippen LogP contribution < -0.4 is 5.32 Å². The summed E-state index contributed by atoms with van der Waals surface area (Å²) in [5.41, 5.74) is 4.00. The van der Waals surface area contributed by atoms with Gasteiger partial charge in [0.25, 0.3) is 5.91 Å². The highest BCUT2D eigenvalue weighted by Crippen LogP contribution is 2.28. The number of hydrogen-bond donors (Lipinski definition) is 1. The van der Waals surface area contributed by atoms with E-state index < -0.39 is 0 Å². The molecule has 0 saturated heterocycles. The van der Waals surface area contributed by atoms with E-state index in [-0.39, 0.29) is 11.7 Å². The molecule has 0 atom stereocenters. The van der Waals surface area contributed by atoms with Crippen LogP contribution in [0.4, 0.5) is 10.1 Å². The molecular weight excluding hydrogens is 431 g/mol. The Labute approximate surface area is 196 Å². The van der Waals surface area contributed by atoms with Gasteiger partial charge >= 0.3 is 0 Å². The molecular formula is C26H23FN6O. The molecule has 34 heavy (non-hydrogen) atoms. The van der Waals surface area contributed by atoms with E-state index >= 15 is 0 Å². The maximum absolute atomic E-state index is 13.2. The van der Waals surface area contributed by atoms with Crippen LogP contribution in [-0.2, 0) is 0 Å². The average molecular weight is 455 g/mol. The third-order valence-electron chi connectivity index (χ3n) is 5.08. The van der Waals surface area contributed by atoms with Crippen molar-refractivity contribution in [2.24, 2.45) is 0 Å². The van der Waals surface area contributed by atoms with Crippen LogP contribution in [0.15, 0.2) is 79.5 Å². The maximum atomic E-state index is 13.2. The molecule has 4 heterocycles. The summed E-state index contributed by atoms with van der Waals surface area (Å²) in [7, 11) is 0. The van der Waals surface area contributed by atoms with Crippen molar-refractivity contribution in [1.29, 1.82) is 0 Å². The number of amides is 1. The van der Waals surface area contributed by atoms with Crippen LogP contribution in [-0.4, -0.2) is 30.2 Å². The van der Waals surface area contributed by atoms with Gasteiger partial charge in [-0.2, -0.15) is 0 Å². The smallest absolute Gasteiger partial charge is 0.257 e. The number of anilines is 1. The molecule has 4 aromatic heterocycles. The van der Waals surface area contributed by atoms with Crippen molar-refractivity contribution in [3.8, 4) is 22.8 Å². The molecule has 7 nitrogen and oxygen atoms in total. The van der Waals surface area contributed by atoms with Crippen LogP contribution in [0.5, 0.6) is 0 Å². The zero-order valence-corrected chi connectivity index (χ0v) is 19.0. The van der Waals surface area contributed by atoms with Crippen molar-refractivity contribution >= 4 is 17.1 Å². The lowest BCUT2D eigenvalue weighted by Gasteiger charge is -2.11. The highest BCUT2D eigenvalue weighted by Gasteiger charge is 2.16. The molecule has 1 aromatic carbocycles. The highest BCUT2D eigenvalue weighted by molar-refractivity contribution is 6.05. The minimum absolute atomic E-state index is 0.317. The van der Waals surface area contributed by atoms with E-state index in [0.29, 0.717) is 28.6 Å². The van der Waals surface area contributed by atoms with Gasteiger partial charge in [-0.3, -0.25) is 14.2 Å². The van der Waals surface area contributed by atoms with E-state index in [2.05, 4.69) is 25.3 Å². The summed E-state index contributed by atoms with van der Waals surface area (Å²) >= 11 is 0. The monoisotopic (exact) mass is 454 g/mol. The number of carbonyl (C=O) groups is 1. The van der Waals surface area contributed by atoms with Crippen LogP contribution >= 0.6 is 0 Å². The van der Waals surface area contributed by atoms with Crippen LogP contribution in [0.1, 0.15) is 29.9 Å². The van der Waals surface area contributed by atoms with Crippen LogP contribution in [0.25, 0.3) is 28.3 Å². The Morgan fingerprint density at radius 2 is 1.68 bits per heavy atom. The second-order valence-electron chi connectivity index (χ2n) is 7.15. The second kappa shape index (κ2) is 9.99. The molecule has 1 amide bonds. The first-order valence-corrected chi connectivity index (χ1v) is 10.9. The molecule has 0 spiro atoms. The van der Waals surface area contributed by atoms with Crippen molar-refractivity contribution in [3.05, 3.63) is 96.6 Å². The van der Waals surface area contributed by atoms with Gasteiger partial charge in [0.1, 0.15) is 5.82 Å². The van der Waals surface area contributed by atoms with Gasteiger partial charge in [0.05, 0.1) is 23.0 Å². The first kappa shape index (κ1) is 22.7. The van der Waals surface area contributed by atoms with Crippen LogP contribution in [0, 0.1) is 12.7 Å². The normalized spacial score (nSPS) is 10.5. The number of benzene rings is 1. The van der Waals surface area contributed by atoms with E-state index in [4.69, 9.17) is 0 Å². The molecule has 0 aliphatic rings. The first-order chi connectivity index (χ1) is 16.6. The molecule has 0 unspecified atom stereocenters. The van der Waals surface area contributed by atoms with Crippen molar-refractivity contribution in [1.82, 2.24) is 24.3 Å². The number of carbonyl (C=O) groups excluding carboxylic acids is 1. The predicted octanol–water partition coefficient (Wildman–Crippen LogP) is 5.58. The topological polar surface area (TPSA) is 85.1 Å². The summed E-state index contributed by atoms with van der Waals surface area (Å²) in [6.07, 6.45) is 8.71. The number of halogens is 1. The van der Waals surface area contributed by atoms with E-state index in [0.717, 1.165) is 16.6 Å². The van der Waals surface area contributed by atoms with Gasteiger partial charge in [0, 0.05) is 41.6 Å². The van der Waals surface area contributed by atoms with E-state index in [1.54, 1.807) is 43.8 Å². The standard InChI is InChI=1S/C24H17FN6O.C2H6/c1-15-20(24(32)30-18-7-5-17(25)6-8-18)12-16(13-28-15)19-4-2-11-31-21(19)14-29-23(31)22-26-9-3-10-27-22;1-2/h2-14H,1H3,(H,30,32);1-2H3. The number of fused-ring (bicyclic) bond motifs is 1. The number of aryl methyl sites for hydroxylation is 1. The third-order valence-corrected chi connectivity index (χ3v) is 5.08. The maximum Gasteiger partial charge on any atom is 0.257 e. The van der Waals surface area contributed by atoms with E-state index in [1.807, 2.05) is 36.6 Å². The molecule has 0 fully saturated rings. The Bertz CT molecular complexity index is 1430. The summed E-state index contributed by atoms with van der Waals surface area (Å²) in [6.45, 7) is 5.77. The molecule has 1 N–H and O–H groups in total. The summed E-state index contributed by atoms with van der Waals surface area (Å²) in [6, 6.07) is 13.0. The molecule has 5 rings (SSSR count). The Hall–Kier alpha value is -4.46. The minimum Gasteiger partial charge on any atom is -0.322 e. The predicted molar refractivity (Wildman–Crippen MR) is 130 cm³/mol. The number of nitrogens with one attached hydrogen (secondary N) is 1. The quantitative estimate of drug-likeness (QED) is 0.383. The number of aromatic nitrogens is 5. The summed E-state index contributed by atoms with van der Waals surface area (Å²) in [4.78, 5) is 30.4. The molecule has 0 aliphatic heterocycles. The lowest BCUT2D eigenvalue weighted by molar-refractivity contribution is 0.102. The number of nitrogens with zero attached hydrogens (tertiary/aromatic N) is 5. The SMILES string of the molecule is CC.Cc1ncc(-c2cccn3c(-c4ncccn4)ncc23)cc1C(=O)Nc1ccc(F)cc1. The van der Waals surface area contributed by atoms with Crippen molar-refractivity contribution in [2.45, 2.75) is 20.8 Å². The van der Waals surface area contributed by atoms with Crippen molar-refractivity contribution in [2.75, 3.05) is 5.32 Å². The van der Waals surface area contributed by atoms with Crippen LogP contribution in [0.3, 0.4) is 0 Å². The van der Waals surface area contributed by atoms with Crippen molar-refractivity contribution in [3.63, 3.8) is 0 Å². The van der Waals surface area contributed by atoms with Gasteiger partial charge in [-0.05, 0) is 49.4 Å². The lowest BCUT2D eigenvalue weighted by Crippen LogP contribution is -2.14. The fourth-order valence-corrected chi connectivity index (χ4v) is 3.49. The Morgan fingerprint density at radius 3 is 2.41 bits per heavy atom. The van der Waals surface area contributed by atoms with Crippen molar-refractivity contribution < 1.29 is 9.18 Å². The zero-order chi connectivity index (χ0) is 24.1. The van der Waals surface area contributed by atoms with Gasteiger partial charge in [0.2, 0.25) is 0 Å². The minimum atomic E-state index is -0.364. The zero-order valence-electron chi connectivity index (χ0n) is 19.0. The molecule has 0 saturated carbocycles. The average Bonchev–Trinajstić information content (AvgIpc) is 3.32. The highest BCUT2D eigenvalue weighted by atomic mass is 19.1. The summed E-state index contributed by atoms with van der Waals surface area (Å²) in [5.74, 6) is 0.460. The lowest BCUT2D eigenvalue weighted by atomic mass is 10.0. The third kappa shape index (κ3) is 4.52. The summed E-state index contributed by atoms with van der Waals surface area (Å²) in [5, 5.41) is 2.79. The summed E-state index contributed by atoms with van der Waals surface area (Å²) < 4.78 is 15.1. The van der Waals surface area contributed by atoms with E-state index in [9.17, 15) is 9.18 Å². The Morgan fingerprint density at radius 1 is 0.941 bits per heavy atom. The molecule has 0 aliphatic carbocycles. The fraction of sp³-hybridized carbons (Fsp3) is 0.115. The number of hydrogen-bond acceptors (Lipinski definition) is 5. The number of rotatable bonds is 4. The molecule has 5 aromatic rings. The second-order valence-corrected chi connectivity index (χ2v) is 7.15. The van der Waals surface area contributed by atoms with Crippen LogP contribution in [0.2, 0.25) is 0 Å². The molecule has 8 heteroatoms.